The van der Waals surface area contributed by atoms with E-state index in [4.69, 9.17) is 9.47 Å². The first kappa shape index (κ1) is 16.9. The number of aliphatic hydroxyl groups excluding tert-OH is 1. The van der Waals surface area contributed by atoms with Crippen LogP contribution >= 0.6 is 0 Å². The lowest BCUT2D eigenvalue weighted by Gasteiger charge is -2.15. The van der Waals surface area contributed by atoms with Crippen molar-refractivity contribution >= 4 is 11.9 Å². The van der Waals surface area contributed by atoms with Gasteiger partial charge in [0.2, 0.25) is 0 Å². The predicted molar refractivity (Wildman–Crippen MR) is 66.9 cm³/mol. The van der Waals surface area contributed by atoms with Crippen molar-refractivity contribution in [1.29, 1.82) is 0 Å². The van der Waals surface area contributed by atoms with Crippen LogP contribution in [0.15, 0.2) is 0 Å². The Hall–Kier alpha value is -1.10. The second kappa shape index (κ2) is 8.91. The molecule has 0 saturated heterocycles. The average molecular weight is 260 g/mol. The number of carbonyl (C=O) groups is 2. The highest BCUT2D eigenvalue weighted by molar-refractivity contribution is 5.73. The van der Waals surface area contributed by atoms with Gasteiger partial charge in [-0.2, -0.15) is 0 Å². The zero-order chi connectivity index (χ0) is 14.1. The van der Waals surface area contributed by atoms with E-state index in [1.165, 1.54) is 0 Å². The maximum Gasteiger partial charge on any atom is 0.308 e. The van der Waals surface area contributed by atoms with E-state index in [2.05, 4.69) is 0 Å². The zero-order valence-corrected chi connectivity index (χ0v) is 11.6. The first-order chi connectivity index (χ1) is 8.38. The fraction of sp³-hybridized carbons (Fsp3) is 0.846. The van der Waals surface area contributed by atoms with Crippen LogP contribution in [0.1, 0.15) is 53.4 Å². The predicted octanol–water partition coefficient (Wildman–Crippen LogP) is 1.81. The fourth-order valence-corrected chi connectivity index (χ4v) is 1.17. The molecule has 0 fully saturated rings. The van der Waals surface area contributed by atoms with Crippen LogP contribution in [0.3, 0.4) is 0 Å². The standard InChI is InChI=1S/C13H24O5/c1-5-9(3)17-12(15)7-11(14)8-13(16)18-10(4)6-2/h9-11,14H,5-8H2,1-4H3. The smallest absolute Gasteiger partial charge is 0.308 e. The molecule has 18 heavy (non-hydrogen) atoms. The van der Waals surface area contributed by atoms with E-state index in [-0.39, 0.29) is 25.0 Å². The third-order valence-corrected chi connectivity index (χ3v) is 2.62. The van der Waals surface area contributed by atoms with Crippen LogP contribution in [0, 0.1) is 0 Å². The molecular formula is C13H24O5. The van der Waals surface area contributed by atoms with Crippen molar-refractivity contribution in [3.8, 4) is 0 Å². The molecule has 2 unspecified atom stereocenters. The molecule has 0 radical (unpaired) electrons. The molecule has 0 amide bonds. The molecule has 0 bridgehead atoms. The highest BCUT2D eigenvalue weighted by Gasteiger charge is 2.19. The molecule has 0 aromatic carbocycles. The monoisotopic (exact) mass is 260 g/mol. The minimum Gasteiger partial charge on any atom is -0.463 e. The van der Waals surface area contributed by atoms with E-state index in [0.29, 0.717) is 0 Å². The van der Waals surface area contributed by atoms with Crippen LogP contribution in [0.4, 0.5) is 0 Å². The molecular weight excluding hydrogens is 236 g/mol. The molecule has 0 aliphatic rings. The van der Waals surface area contributed by atoms with Gasteiger partial charge in [-0.15, -0.1) is 0 Å². The van der Waals surface area contributed by atoms with Crippen molar-refractivity contribution in [2.24, 2.45) is 0 Å². The normalized spacial score (nSPS) is 15.6. The molecule has 106 valence electrons. The molecule has 1 N–H and O–H groups in total. The van der Waals surface area contributed by atoms with Gasteiger partial charge < -0.3 is 14.6 Å². The Morgan fingerprint density at radius 1 is 0.944 bits per heavy atom. The number of esters is 2. The van der Waals surface area contributed by atoms with Gasteiger partial charge in [0, 0.05) is 0 Å². The molecule has 0 aliphatic carbocycles. The van der Waals surface area contributed by atoms with Crippen molar-refractivity contribution < 1.29 is 24.2 Å². The Labute approximate surface area is 108 Å². The summed E-state index contributed by atoms with van der Waals surface area (Å²) in [5.41, 5.74) is 0. The molecule has 0 rings (SSSR count). The van der Waals surface area contributed by atoms with E-state index in [1.807, 2.05) is 13.8 Å². The minimum atomic E-state index is -1.04. The summed E-state index contributed by atoms with van der Waals surface area (Å²) in [6.45, 7) is 7.36. The van der Waals surface area contributed by atoms with Gasteiger partial charge in [0.15, 0.2) is 0 Å². The fourth-order valence-electron chi connectivity index (χ4n) is 1.17. The largest absolute Gasteiger partial charge is 0.463 e. The van der Waals surface area contributed by atoms with Crippen molar-refractivity contribution in [2.45, 2.75) is 71.7 Å². The van der Waals surface area contributed by atoms with E-state index < -0.39 is 18.0 Å². The second-order valence-corrected chi connectivity index (χ2v) is 4.48. The van der Waals surface area contributed by atoms with E-state index in [1.54, 1.807) is 13.8 Å². The SMILES string of the molecule is CCC(C)OC(=O)CC(O)CC(=O)OC(C)CC. The average Bonchev–Trinajstić information content (AvgIpc) is 2.27. The van der Waals surface area contributed by atoms with Crippen LogP contribution < -0.4 is 0 Å². The third kappa shape index (κ3) is 8.06. The Bertz CT molecular complexity index is 238. The molecule has 2 atom stereocenters. The number of ether oxygens (including phenoxy) is 2. The molecule has 0 heterocycles. The Balaban J connectivity index is 3.92. The summed E-state index contributed by atoms with van der Waals surface area (Å²) in [5, 5.41) is 9.56. The summed E-state index contributed by atoms with van der Waals surface area (Å²) < 4.78 is 10.0. The molecule has 0 spiro atoms. The number of rotatable bonds is 8. The van der Waals surface area contributed by atoms with E-state index >= 15 is 0 Å². The second-order valence-electron chi connectivity index (χ2n) is 4.48. The maximum absolute atomic E-state index is 11.3. The summed E-state index contributed by atoms with van der Waals surface area (Å²) in [6, 6.07) is 0. The number of hydrogen-bond donors (Lipinski definition) is 1. The molecule has 0 aliphatic heterocycles. The number of hydrogen-bond acceptors (Lipinski definition) is 5. The van der Waals surface area contributed by atoms with Crippen LogP contribution in [0.25, 0.3) is 0 Å². The van der Waals surface area contributed by atoms with Crippen LogP contribution in [-0.4, -0.2) is 35.4 Å². The van der Waals surface area contributed by atoms with Gasteiger partial charge in [0.05, 0.1) is 31.2 Å². The first-order valence-electron chi connectivity index (χ1n) is 6.46. The minimum absolute atomic E-state index is 0.170. The summed E-state index contributed by atoms with van der Waals surface area (Å²) in [7, 11) is 0. The van der Waals surface area contributed by atoms with Crippen LogP contribution in [0.2, 0.25) is 0 Å². The summed E-state index contributed by atoms with van der Waals surface area (Å²) in [4.78, 5) is 22.7. The molecule has 0 saturated carbocycles. The maximum atomic E-state index is 11.3. The lowest BCUT2D eigenvalue weighted by atomic mass is 10.2. The molecule has 0 aromatic rings. The van der Waals surface area contributed by atoms with Crippen LogP contribution in [0.5, 0.6) is 0 Å². The third-order valence-electron chi connectivity index (χ3n) is 2.62. The Morgan fingerprint density at radius 3 is 1.56 bits per heavy atom. The highest BCUT2D eigenvalue weighted by Crippen LogP contribution is 2.07. The van der Waals surface area contributed by atoms with Gasteiger partial charge in [-0.25, -0.2) is 0 Å². The van der Waals surface area contributed by atoms with E-state index in [9.17, 15) is 14.7 Å². The molecule has 5 heteroatoms. The summed E-state index contributed by atoms with van der Waals surface area (Å²) in [6.07, 6.45) is -0.304. The Kier molecular flexibility index (Phi) is 8.37. The van der Waals surface area contributed by atoms with Crippen molar-refractivity contribution in [2.75, 3.05) is 0 Å². The number of carbonyl (C=O) groups excluding carboxylic acids is 2. The van der Waals surface area contributed by atoms with Gasteiger partial charge in [0.1, 0.15) is 0 Å². The van der Waals surface area contributed by atoms with E-state index in [0.717, 1.165) is 12.8 Å². The highest BCUT2D eigenvalue weighted by atomic mass is 16.5. The van der Waals surface area contributed by atoms with Gasteiger partial charge in [-0.05, 0) is 26.7 Å². The van der Waals surface area contributed by atoms with Gasteiger partial charge in [-0.1, -0.05) is 13.8 Å². The summed E-state index contributed by atoms with van der Waals surface area (Å²) >= 11 is 0. The lowest BCUT2D eigenvalue weighted by Crippen LogP contribution is -2.24. The van der Waals surface area contributed by atoms with Crippen molar-refractivity contribution in [3.63, 3.8) is 0 Å². The zero-order valence-electron chi connectivity index (χ0n) is 11.6. The van der Waals surface area contributed by atoms with Gasteiger partial charge >= 0.3 is 11.9 Å². The number of aliphatic hydroxyl groups is 1. The van der Waals surface area contributed by atoms with Crippen molar-refractivity contribution in [1.82, 2.24) is 0 Å². The Morgan fingerprint density at radius 2 is 1.28 bits per heavy atom. The quantitative estimate of drug-likeness (QED) is 0.674. The topological polar surface area (TPSA) is 72.8 Å². The van der Waals surface area contributed by atoms with Gasteiger partial charge in [-0.3, -0.25) is 9.59 Å². The van der Waals surface area contributed by atoms with Crippen molar-refractivity contribution in [3.05, 3.63) is 0 Å². The molecule has 5 nitrogen and oxygen atoms in total. The lowest BCUT2D eigenvalue weighted by molar-refractivity contribution is -0.154. The summed E-state index contributed by atoms with van der Waals surface area (Å²) in [5.74, 6) is -0.985. The van der Waals surface area contributed by atoms with Gasteiger partial charge in [0.25, 0.3) is 0 Å². The van der Waals surface area contributed by atoms with Crippen LogP contribution in [-0.2, 0) is 19.1 Å². The molecule has 0 aromatic heterocycles. The first-order valence-corrected chi connectivity index (χ1v) is 6.46.